The average molecular weight is 372 g/mol. The number of ether oxygens (including phenoxy) is 1. The number of anilines is 1. The van der Waals surface area contributed by atoms with Crippen LogP contribution >= 0.6 is 11.8 Å². The minimum Gasteiger partial charge on any atom is -0.464 e. The number of hydrogen-bond donors (Lipinski definition) is 2. The second kappa shape index (κ2) is 7.35. The first-order chi connectivity index (χ1) is 12.6. The molecule has 6 heteroatoms. The lowest BCUT2D eigenvalue weighted by molar-refractivity contribution is -0.143. The van der Waals surface area contributed by atoms with Crippen LogP contribution in [0.1, 0.15) is 43.9 Å². The van der Waals surface area contributed by atoms with Crippen LogP contribution < -0.4 is 5.32 Å². The Bertz CT molecular complexity index is 852. The van der Waals surface area contributed by atoms with Crippen molar-refractivity contribution in [1.29, 1.82) is 0 Å². The molecule has 1 atom stereocenters. The van der Waals surface area contributed by atoms with Gasteiger partial charge in [-0.15, -0.1) is 11.8 Å². The van der Waals surface area contributed by atoms with Gasteiger partial charge in [-0.05, 0) is 50.5 Å². The number of carbonyl (C=O) groups is 1. The predicted molar refractivity (Wildman–Crippen MR) is 108 cm³/mol. The number of fused-ring (bicyclic) bond motifs is 1. The molecule has 2 aromatic rings. The molecule has 1 unspecified atom stereocenters. The second-order valence-electron chi connectivity index (χ2n) is 7.10. The van der Waals surface area contributed by atoms with Crippen LogP contribution in [0.5, 0.6) is 0 Å². The molecule has 1 fully saturated rings. The molecule has 1 saturated carbocycles. The molecule has 0 saturated heterocycles. The third-order valence-corrected chi connectivity index (χ3v) is 6.11. The Labute approximate surface area is 158 Å². The van der Waals surface area contributed by atoms with Crippen LogP contribution in [0.4, 0.5) is 5.69 Å². The monoisotopic (exact) mass is 371 g/mol. The summed E-state index contributed by atoms with van der Waals surface area (Å²) in [5.74, 6) is 0.418. The van der Waals surface area contributed by atoms with Crippen molar-refractivity contribution in [2.45, 2.75) is 51.6 Å². The quantitative estimate of drug-likeness (QED) is 0.771. The molecule has 0 radical (unpaired) electrons. The van der Waals surface area contributed by atoms with Crippen molar-refractivity contribution in [1.82, 2.24) is 4.98 Å². The highest BCUT2D eigenvalue weighted by Crippen LogP contribution is 2.32. The van der Waals surface area contributed by atoms with Gasteiger partial charge in [0, 0.05) is 17.2 Å². The maximum Gasteiger partial charge on any atom is 0.331 e. The van der Waals surface area contributed by atoms with E-state index in [0.717, 1.165) is 16.3 Å². The molecular weight excluding hydrogens is 346 g/mol. The normalized spacial score (nSPS) is 20.5. The highest BCUT2D eigenvalue weighted by Gasteiger charge is 2.27. The molecule has 5 nitrogen and oxygen atoms in total. The molecule has 0 spiro atoms. The molecule has 2 N–H and O–H groups in total. The van der Waals surface area contributed by atoms with Crippen LogP contribution in [0, 0.1) is 6.92 Å². The summed E-state index contributed by atoms with van der Waals surface area (Å²) < 4.78 is 5.10. The van der Waals surface area contributed by atoms with E-state index in [4.69, 9.17) is 4.74 Å². The van der Waals surface area contributed by atoms with Crippen LogP contribution in [0.25, 0.3) is 10.9 Å². The van der Waals surface area contributed by atoms with E-state index in [1.54, 1.807) is 11.8 Å². The third-order valence-electron chi connectivity index (χ3n) is 5.03. The smallest absolute Gasteiger partial charge is 0.331 e. The van der Waals surface area contributed by atoms with Gasteiger partial charge in [0.25, 0.3) is 0 Å². The summed E-state index contributed by atoms with van der Waals surface area (Å²) in [7, 11) is 0. The molecule has 2 aliphatic rings. The second-order valence-corrected chi connectivity index (χ2v) is 8.11. The van der Waals surface area contributed by atoms with Crippen molar-refractivity contribution in [3.63, 3.8) is 0 Å². The fourth-order valence-corrected chi connectivity index (χ4v) is 4.79. The average Bonchev–Trinajstić information content (AvgIpc) is 3.34. The van der Waals surface area contributed by atoms with E-state index in [2.05, 4.69) is 40.4 Å². The Morgan fingerprint density at radius 2 is 2.15 bits per heavy atom. The summed E-state index contributed by atoms with van der Waals surface area (Å²) in [6.45, 7) is 4.35. The highest BCUT2D eigenvalue weighted by molar-refractivity contribution is 8.14. The number of hydrogen-bond acceptors (Lipinski definition) is 5. The van der Waals surface area contributed by atoms with Gasteiger partial charge in [-0.25, -0.2) is 4.79 Å². The number of H-pyrrole nitrogens is 1. The van der Waals surface area contributed by atoms with Crippen molar-refractivity contribution < 1.29 is 9.53 Å². The molecule has 1 aromatic carbocycles. The Kier molecular flexibility index (Phi) is 4.94. The minimum absolute atomic E-state index is 0.231. The first-order valence-corrected chi connectivity index (χ1v) is 10.4. The number of thioether (sulfide) groups is 1. The van der Waals surface area contributed by atoms with Gasteiger partial charge in [-0.3, -0.25) is 4.99 Å². The number of rotatable bonds is 5. The molecule has 0 bridgehead atoms. The number of carbonyl (C=O) groups excluding carboxylic acids is 1. The van der Waals surface area contributed by atoms with Crippen molar-refractivity contribution in [3.05, 3.63) is 29.5 Å². The molecule has 1 aliphatic carbocycles. The van der Waals surface area contributed by atoms with E-state index in [9.17, 15) is 4.79 Å². The number of benzene rings is 1. The Hall–Kier alpha value is -1.95. The zero-order chi connectivity index (χ0) is 18.1. The largest absolute Gasteiger partial charge is 0.464 e. The van der Waals surface area contributed by atoms with Crippen LogP contribution in [-0.2, 0) is 9.53 Å². The fourth-order valence-electron chi connectivity index (χ4n) is 3.79. The first kappa shape index (κ1) is 17.5. The number of aromatic nitrogens is 1. The zero-order valence-corrected chi connectivity index (χ0v) is 16.1. The van der Waals surface area contributed by atoms with E-state index in [-0.39, 0.29) is 12.0 Å². The predicted octanol–water partition coefficient (Wildman–Crippen LogP) is 4.26. The summed E-state index contributed by atoms with van der Waals surface area (Å²) in [5, 5.41) is 5.80. The van der Waals surface area contributed by atoms with Gasteiger partial charge < -0.3 is 15.0 Å². The summed E-state index contributed by atoms with van der Waals surface area (Å²) in [6, 6.07) is 6.73. The molecule has 1 aliphatic heterocycles. The lowest BCUT2D eigenvalue weighted by atomic mass is 10.1. The highest BCUT2D eigenvalue weighted by atomic mass is 32.2. The van der Waals surface area contributed by atoms with Crippen molar-refractivity contribution in [2.24, 2.45) is 4.99 Å². The first-order valence-electron chi connectivity index (χ1n) is 9.41. The van der Waals surface area contributed by atoms with Crippen LogP contribution in [0.15, 0.2) is 23.2 Å². The fraction of sp³-hybridized carbons (Fsp3) is 0.500. The Morgan fingerprint density at radius 1 is 1.35 bits per heavy atom. The molecular formula is C20H25N3O2S. The maximum absolute atomic E-state index is 11.9. The summed E-state index contributed by atoms with van der Waals surface area (Å²) in [6.07, 6.45) is 5.11. The molecule has 26 heavy (non-hydrogen) atoms. The number of aromatic amines is 1. The number of aryl methyl sites for hydroxylation is 1. The molecule has 2 heterocycles. The zero-order valence-electron chi connectivity index (χ0n) is 15.3. The van der Waals surface area contributed by atoms with E-state index < -0.39 is 0 Å². The van der Waals surface area contributed by atoms with Crippen molar-refractivity contribution in [3.8, 4) is 0 Å². The lowest BCUT2D eigenvalue weighted by Gasteiger charge is -2.15. The summed E-state index contributed by atoms with van der Waals surface area (Å²) in [4.78, 5) is 20.0. The summed E-state index contributed by atoms with van der Waals surface area (Å²) in [5.41, 5.74) is 4.52. The SMILES string of the molecule is CCOC(=O)C1CSC(c2cc3cc(C)cc(NC4CCCC4)c3[nH]2)=N1. The van der Waals surface area contributed by atoms with Gasteiger partial charge in [-0.1, -0.05) is 12.8 Å². The van der Waals surface area contributed by atoms with Gasteiger partial charge in [0.2, 0.25) is 0 Å². The van der Waals surface area contributed by atoms with Gasteiger partial charge >= 0.3 is 5.97 Å². The van der Waals surface area contributed by atoms with Gasteiger partial charge in [0.05, 0.1) is 23.5 Å². The van der Waals surface area contributed by atoms with E-state index in [0.29, 0.717) is 18.4 Å². The maximum atomic E-state index is 11.9. The Balaban J connectivity index is 1.63. The van der Waals surface area contributed by atoms with Crippen LogP contribution in [-0.4, -0.2) is 40.4 Å². The molecule has 4 rings (SSSR count). The van der Waals surface area contributed by atoms with Crippen LogP contribution in [0.2, 0.25) is 0 Å². The molecule has 138 valence electrons. The lowest BCUT2D eigenvalue weighted by Crippen LogP contribution is -2.21. The molecule has 1 aromatic heterocycles. The van der Waals surface area contributed by atoms with Crippen LogP contribution in [0.3, 0.4) is 0 Å². The molecule has 0 amide bonds. The van der Waals surface area contributed by atoms with Crippen molar-refractivity contribution in [2.75, 3.05) is 17.7 Å². The van der Waals surface area contributed by atoms with Gasteiger partial charge in [0.15, 0.2) is 6.04 Å². The van der Waals surface area contributed by atoms with Crippen molar-refractivity contribution >= 4 is 39.4 Å². The van der Waals surface area contributed by atoms with Gasteiger partial charge in [0.1, 0.15) is 5.04 Å². The minimum atomic E-state index is -0.390. The number of nitrogens with zero attached hydrogens (tertiary/aromatic N) is 1. The van der Waals surface area contributed by atoms with E-state index >= 15 is 0 Å². The van der Waals surface area contributed by atoms with Gasteiger partial charge in [-0.2, -0.15) is 0 Å². The summed E-state index contributed by atoms with van der Waals surface area (Å²) >= 11 is 1.61. The number of esters is 1. The topological polar surface area (TPSA) is 66.5 Å². The Morgan fingerprint density at radius 3 is 2.92 bits per heavy atom. The number of aliphatic imine (C=N–C) groups is 1. The third kappa shape index (κ3) is 3.47. The number of nitrogens with one attached hydrogen (secondary N) is 2. The van der Waals surface area contributed by atoms with E-state index in [1.807, 2.05) is 6.92 Å². The van der Waals surface area contributed by atoms with E-state index in [1.165, 1.54) is 42.3 Å². The standard InChI is InChI=1S/C20H25N3O2S/c1-3-25-20(24)17-11-26-19(23-17)16-10-13-8-12(2)9-15(18(13)22-16)21-14-6-4-5-7-14/h8-10,14,17,21-22H,3-7,11H2,1-2H3.